The van der Waals surface area contributed by atoms with E-state index in [2.05, 4.69) is 16.4 Å². The molecule has 0 aliphatic carbocycles. The highest BCUT2D eigenvalue weighted by molar-refractivity contribution is 6.30. The van der Waals surface area contributed by atoms with Crippen molar-refractivity contribution in [2.45, 2.75) is 51.7 Å². The van der Waals surface area contributed by atoms with Crippen molar-refractivity contribution in [2.75, 3.05) is 0 Å². The monoisotopic (exact) mass is 461 g/mol. The van der Waals surface area contributed by atoms with Gasteiger partial charge in [0.1, 0.15) is 0 Å². The van der Waals surface area contributed by atoms with Crippen LogP contribution in [0.2, 0.25) is 5.02 Å². The second-order valence-electron chi connectivity index (χ2n) is 8.72. The summed E-state index contributed by atoms with van der Waals surface area (Å²) in [6.07, 6.45) is 2.38. The summed E-state index contributed by atoms with van der Waals surface area (Å²) in [5, 5.41) is 13.1. The molecule has 1 aromatic heterocycles. The number of carbonyl (C=O) groups excluding carboxylic acids is 1. The van der Waals surface area contributed by atoms with E-state index in [9.17, 15) is 10.1 Å². The molecule has 1 N–H and O–H groups in total. The minimum absolute atomic E-state index is 0.0586. The molecule has 170 valence electrons. The molecule has 33 heavy (non-hydrogen) atoms. The van der Waals surface area contributed by atoms with Gasteiger partial charge in [-0.1, -0.05) is 41.9 Å². The van der Waals surface area contributed by atoms with Crippen LogP contribution in [0.1, 0.15) is 48.9 Å². The van der Waals surface area contributed by atoms with Crippen LogP contribution in [0.15, 0.2) is 66.9 Å². The Labute approximate surface area is 200 Å². The molecular formula is C27H28ClN3O2. The fourth-order valence-corrected chi connectivity index (χ4v) is 3.73. The number of halogens is 1. The summed E-state index contributed by atoms with van der Waals surface area (Å²) in [5.74, 6) is 0.0967. The van der Waals surface area contributed by atoms with E-state index in [1.54, 1.807) is 32.2 Å². The Morgan fingerprint density at radius 3 is 2.55 bits per heavy atom. The van der Waals surface area contributed by atoms with Gasteiger partial charge in [0.15, 0.2) is 5.60 Å². The van der Waals surface area contributed by atoms with Crippen LogP contribution in [0.3, 0.4) is 0 Å². The lowest BCUT2D eigenvalue weighted by Crippen LogP contribution is -2.51. The third-order valence-corrected chi connectivity index (χ3v) is 5.82. The van der Waals surface area contributed by atoms with Gasteiger partial charge in [0.25, 0.3) is 5.91 Å². The molecule has 2 aromatic carbocycles. The highest BCUT2D eigenvalue weighted by Crippen LogP contribution is 2.27. The van der Waals surface area contributed by atoms with Crippen LogP contribution >= 0.6 is 11.6 Å². The third-order valence-electron chi connectivity index (χ3n) is 5.57. The Morgan fingerprint density at radius 2 is 1.91 bits per heavy atom. The number of amides is 1. The number of nitriles is 1. The molecule has 0 fully saturated rings. The highest BCUT2D eigenvalue weighted by atomic mass is 35.5. The van der Waals surface area contributed by atoms with E-state index in [1.165, 1.54) is 0 Å². The van der Waals surface area contributed by atoms with Crippen molar-refractivity contribution < 1.29 is 9.53 Å². The topological polar surface area (TPSA) is 75.0 Å². The molecule has 6 heteroatoms. The predicted molar refractivity (Wildman–Crippen MR) is 130 cm³/mol. The first-order valence-corrected chi connectivity index (χ1v) is 11.2. The molecule has 1 heterocycles. The average molecular weight is 462 g/mol. The molecule has 0 spiro atoms. The summed E-state index contributed by atoms with van der Waals surface area (Å²) in [7, 11) is 0. The molecule has 1 amide bonds. The van der Waals surface area contributed by atoms with Gasteiger partial charge < -0.3 is 10.1 Å². The number of benzene rings is 2. The van der Waals surface area contributed by atoms with E-state index in [-0.39, 0.29) is 17.9 Å². The van der Waals surface area contributed by atoms with Crippen LogP contribution in [0.5, 0.6) is 5.88 Å². The molecule has 3 aromatic rings. The maximum atomic E-state index is 13.2. The first-order chi connectivity index (χ1) is 15.7. The number of nitrogens with one attached hydrogen (secondary N) is 1. The van der Waals surface area contributed by atoms with Crippen LogP contribution in [0, 0.1) is 18.3 Å². The summed E-state index contributed by atoms with van der Waals surface area (Å²) < 4.78 is 5.89. The first-order valence-electron chi connectivity index (χ1n) is 10.8. The molecule has 0 radical (unpaired) electrons. The summed E-state index contributed by atoms with van der Waals surface area (Å²) >= 11 is 6.05. The number of nitrogens with zero attached hydrogens (tertiary/aromatic N) is 2. The standard InChI is InChI=1S/C27H28ClN3O2/c1-18-8-13-25(30-17-18)33-27(3,4)26(32)31-19(2)24(15-20-9-11-23(28)12-10-20)22-7-5-6-21(14-22)16-29/h5-14,17,19,24H,15H2,1-4H3,(H,31,32)/t19-,24+/m0/s1. The second-order valence-corrected chi connectivity index (χ2v) is 9.16. The number of rotatable bonds is 8. The second kappa shape index (κ2) is 10.5. The number of pyridine rings is 1. The van der Waals surface area contributed by atoms with Gasteiger partial charge in [-0.05, 0) is 75.1 Å². The van der Waals surface area contributed by atoms with Gasteiger partial charge in [0.2, 0.25) is 5.88 Å². The molecular weight excluding hydrogens is 434 g/mol. The lowest BCUT2D eigenvalue weighted by Gasteiger charge is -2.30. The summed E-state index contributed by atoms with van der Waals surface area (Å²) in [6, 6.07) is 20.8. The molecule has 0 saturated carbocycles. The summed E-state index contributed by atoms with van der Waals surface area (Å²) in [4.78, 5) is 17.4. The number of hydrogen-bond donors (Lipinski definition) is 1. The summed E-state index contributed by atoms with van der Waals surface area (Å²) in [5.41, 5.74) is 2.56. The van der Waals surface area contributed by atoms with Crippen molar-refractivity contribution in [3.05, 3.63) is 94.1 Å². The molecule has 0 saturated heterocycles. The van der Waals surface area contributed by atoms with Gasteiger partial charge in [0, 0.05) is 29.2 Å². The maximum Gasteiger partial charge on any atom is 0.263 e. The van der Waals surface area contributed by atoms with Gasteiger partial charge in [-0.15, -0.1) is 0 Å². The van der Waals surface area contributed by atoms with E-state index in [4.69, 9.17) is 16.3 Å². The quantitative estimate of drug-likeness (QED) is 0.473. The van der Waals surface area contributed by atoms with E-state index in [0.717, 1.165) is 16.7 Å². The molecule has 2 atom stereocenters. The lowest BCUT2D eigenvalue weighted by atomic mass is 9.85. The Kier molecular flexibility index (Phi) is 7.73. The van der Waals surface area contributed by atoms with Crippen molar-refractivity contribution >= 4 is 17.5 Å². The predicted octanol–water partition coefficient (Wildman–Crippen LogP) is 5.60. The first kappa shape index (κ1) is 24.3. The van der Waals surface area contributed by atoms with Crippen molar-refractivity contribution in [3.63, 3.8) is 0 Å². The van der Waals surface area contributed by atoms with E-state index >= 15 is 0 Å². The smallest absolute Gasteiger partial charge is 0.263 e. The maximum absolute atomic E-state index is 13.2. The van der Waals surface area contributed by atoms with Crippen molar-refractivity contribution in [1.29, 1.82) is 5.26 Å². The van der Waals surface area contributed by atoms with Gasteiger partial charge in [-0.2, -0.15) is 5.26 Å². The molecule has 3 rings (SSSR count). The third kappa shape index (κ3) is 6.57. The minimum Gasteiger partial charge on any atom is -0.462 e. The molecule has 0 unspecified atom stereocenters. The fourth-order valence-electron chi connectivity index (χ4n) is 3.60. The largest absolute Gasteiger partial charge is 0.462 e. The minimum atomic E-state index is -1.12. The number of hydrogen-bond acceptors (Lipinski definition) is 4. The normalized spacial score (nSPS) is 13.0. The lowest BCUT2D eigenvalue weighted by molar-refractivity contribution is -0.135. The van der Waals surface area contributed by atoms with Crippen LogP contribution in [0.25, 0.3) is 0 Å². The van der Waals surface area contributed by atoms with E-state index in [0.29, 0.717) is 22.9 Å². The summed E-state index contributed by atoms with van der Waals surface area (Å²) in [6.45, 7) is 7.36. The van der Waals surface area contributed by atoms with E-state index in [1.807, 2.05) is 62.4 Å². The van der Waals surface area contributed by atoms with Crippen molar-refractivity contribution in [2.24, 2.45) is 0 Å². The number of carbonyl (C=O) groups is 1. The Hall–Kier alpha value is -3.36. The van der Waals surface area contributed by atoms with Gasteiger partial charge >= 0.3 is 0 Å². The van der Waals surface area contributed by atoms with Crippen LogP contribution in [0.4, 0.5) is 0 Å². The molecule has 0 aliphatic heterocycles. The molecule has 5 nitrogen and oxygen atoms in total. The average Bonchev–Trinajstić information content (AvgIpc) is 2.80. The Morgan fingerprint density at radius 1 is 1.18 bits per heavy atom. The van der Waals surface area contributed by atoms with Crippen molar-refractivity contribution in [1.82, 2.24) is 10.3 Å². The number of aryl methyl sites for hydroxylation is 1. The van der Waals surface area contributed by atoms with Crippen LogP contribution in [-0.2, 0) is 11.2 Å². The van der Waals surface area contributed by atoms with E-state index < -0.39 is 5.60 Å². The van der Waals surface area contributed by atoms with Crippen LogP contribution in [-0.4, -0.2) is 22.5 Å². The zero-order valence-corrected chi connectivity index (χ0v) is 20.1. The zero-order chi connectivity index (χ0) is 24.0. The Balaban J connectivity index is 1.81. The van der Waals surface area contributed by atoms with Crippen LogP contribution < -0.4 is 10.1 Å². The SMILES string of the molecule is Cc1ccc(OC(C)(C)C(=O)N[C@@H](C)[C@@H](Cc2ccc(Cl)cc2)c2cccc(C#N)c2)nc1. The van der Waals surface area contributed by atoms with Gasteiger partial charge in [-0.25, -0.2) is 4.98 Å². The number of ether oxygens (including phenoxy) is 1. The number of aromatic nitrogens is 1. The van der Waals surface area contributed by atoms with Gasteiger partial charge in [0.05, 0.1) is 11.6 Å². The molecule has 0 aliphatic rings. The zero-order valence-electron chi connectivity index (χ0n) is 19.3. The van der Waals surface area contributed by atoms with Gasteiger partial charge in [-0.3, -0.25) is 4.79 Å². The van der Waals surface area contributed by atoms with Crippen molar-refractivity contribution in [3.8, 4) is 11.9 Å². The molecule has 0 bridgehead atoms. The Bertz CT molecular complexity index is 1140. The fraction of sp³-hybridized carbons (Fsp3) is 0.296. The highest BCUT2D eigenvalue weighted by Gasteiger charge is 2.33.